The molecule has 0 radical (unpaired) electrons. The van der Waals surface area contributed by atoms with Crippen LogP contribution in [-0.2, 0) is 9.59 Å². The average Bonchev–Trinajstić information content (AvgIpc) is 2.58. The summed E-state index contributed by atoms with van der Waals surface area (Å²) in [6.45, 7) is 1.77. The zero-order chi connectivity index (χ0) is 17.7. The van der Waals surface area contributed by atoms with Crippen LogP contribution in [0.25, 0.3) is 0 Å². The van der Waals surface area contributed by atoms with Gasteiger partial charge in [0, 0.05) is 0 Å². The highest BCUT2D eigenvalue weighted by Gasteiger charge is 2.19. The van der Waals surface area contributed by atoms with Crippen LogP contribution in [0.4, 0.5) is 5.69 Å². The molecule has 0 spiro atoms. The number of amides is 2. The van der Waals surface area contributed by atoms with Crippen molar-refractivity contribution in [3.63, 3.8) is 0 Å². The van der Waals surface area contributed by atoms with Crippen LogP contribution < -0.4 is 15.4 Å². The second-order valence-corrected chi connectivity index (χ2v) is 5.83. The zero-order valence-electron chi connectivity index (χ0n) is 13.1. The van der Waals surface area contributed by atoms with E-state index in [9.17, 15) is 9.59 Å². The van der Waals surface area contributed by atoms with Crippen LogP contribution in [0.3, 0.4) is 0 Å². The second kappa shape index (κ2) is 8.04. The van der Waals surface area contributed by atoms with Crippen LogP contribution in [0.2, 0.25) is 10.0 Å². The van der Waals surface area contributed by atoms with Crippen molar-refractivity contribution in [2.75, 3.05) is 12.4 Å². The van der Waals surface area contributed by atoms with Crippen molar-refractivity contribution in [2.24, 2.45) is 0 Å². The van der Waals surface area contributed by atoms with Gasteiger partial charge in [-0.15, -0.1) is 0 Å². The van der Waals surface area contributed by atoms with Gasteiger partial charge in [-0.2, -0.15) is 0 Å². The van der Waals surface area contributed by atoms with Crippen molar-refractivity contribution in [1.82, 2.24) is 5.32 Å². The monoisotopic (exact) mass is 366 g/mol. The van der Waals surface area contributed by atoms with Crippen LogP contribution in [0.5, 0.6) is 5.75 Å². The van der Waals surface area contributed by atoms with Gasteiger partial charge in [0.2, 0.25) is 0 Å². The lowest BCUT2D eigenvalue weighted by atomic mass is 10.1. The molecule has 0 fully saturated rings. The first-order valence-corrected chi connectivity index (χ1v) is 7.87. The van der Waals surface area contributed by atoms with Crippen molar-refractivity contribution in [3.8, 4) is 5.75 Å². The molecular formula is C17H16Cl2N2O3. The molecule has 1 atom stereocenters. The smallest absolute Gasteiger partial charge is 0.313 e. The van der Waals surface area contributed by atoms with Gasteiger partial charge >= 0.3 is 11.8 Å². The van der Waals surface area contributed by atoms with Crippen LogP contribution in [0.1, 0.15) is 18.5 Å². The molecule has 0 aliphatic heterocycles. The first-order chi connectivity index (χ1) is 11.4. The number of hydrogen-bond acceptors (Lipinski definition) is 3. The average molecular weight is 367 g/mol. The first-order valence-electron chi connectivity index (χ1n) is 7.12. The molecule has 2 rings (SSSR count). The lowest BCUT2D eigenvalue weighted by Gasteiger charge is -2.15. The molecule has 2 aromatic carbocycles. The van der Waals surface area contributed by atoms with Gasteiger partial charge < -0.3 is 15.4 Å². The number of carbonyl (C=O) groups excluding carboxylic acids is 2. The fraction of sp³-hybridized carbons (Fsp3) is 0.176. The number of hydrogen-bond donors (Lipinski definition) is 2. The number of methoxy groups -OCH3 is 1. The Morgan fingerprint density at radius 2 is 1.58 bits per heavy atom. The quantitative estimate of drug-likeness (QED) is 0.808. The number of benzene rings is 2. The molecule has 5 nitrogen and oxygen atoms in total. The number of anilines is 1. The van der Waals surface area contributed by atoms with Crippen LogP contribution in [0, 0.1) is 0 Å². The molecule has 1 unspecified atom stereocenters. The molecule has 0 saturated heterocycles. The summed E-state index contributed by atoms with van der Waals surface area (Å²) < 4.78 is 5.08. The number of para-hydroxylation sites is 1. The first kappa shape index (κ1) is 18.1. The third kappa shape index (κ3) is 4.40. The van der Waals surface area contributed by atoms with Crippen molar-refractivity contribution in [3.05, 3.63) is 58.1 Å². The number of carbonyl (C=O) groups is 2. The van der Waals surface area contributed by atoms with Gasteiger partial charge in [-0.05, 0) is 36.8 Å². The minimum Gasteiger partial charge on any atom is -0.497 e. The van der Waals surface area contributed by atoms with Gasteiger partial charge in [0.25, 0.3) is 0 Å². The van der Waals surface area contributed by atoms with E-state index in [2.05, 4.69) is 10.6 Å². The minimum atomic E-state index is -0.842. The van der Waals surface area contributed by atoms with Gasteiger partial charge in [0.15, 0.2) is 0 Å². The maximum Gasteiger partial charge on any atom is 0.313 e. The Labute approximate surface area is 149 Å². The highest BCUT2D eigenvalue weighted by atomic mass is 35.5. The molecule has 2 aromatic rings. The molecule has 0 heterocycles. The Morgan fingerprint density at radius 3 is 2.12 bits per heavy atom. The summed E-state index contributed by atoms with van der Waals surface area (Å²) in [6, 6.07) is 11.6. The van der Waals surface area contributed by atoms with Crippen molar-refractivity contribution in [2.45, 2.75) is 13.0 Å². The van der Waals surface area contributed by atoms with E-state index in [1.165, 1.54) is 0 Å². The summed E-state index contributed by atoms with van der Waals surface area (Å²) in [4.78, 5) is 24.1. The van der Waals surface area contributed by atoms with E-state index in [1.54, 1.807) is 44.4 Å². The minimum absolute atomic E-state index is 0.207. The third-order valence-corrected chi connectivity index (χ3v) is 4.00. The number of rotatable bonds is 4. The number of ether oxygens (including phenoxy) is 1. The fourth-order valence-electron chi connectivity index (χ4n) is 2.03. The van der Waals surface area contributed by atoms with Crippen LogP contribution >= 0.6 is 23.2 Å². The van der Waals surface area contributed by atoms with Gasteiger partial charge in [0.05, 0.1) is 28.9 Å². The molecule has 0 saturated carbocycles. The number of halogens is 2. The van der Waals surface area contributed by atoms with Gasteiger partial charge in [-0.25, -0.2) is 0 Å². The summed E-state index contributed by atoms with van der Waals surface area (Å²) >= 11 is 11.9. The molecule has 7 heteroatoms. The molecule has 0 aromatic heterocycles. The van der Waals surface area contributed by atoms with Gasteiger partial charge in [-0.1, -0.05) is 41.4 Å². The van der Waals surface area contributed by atoms with Crippen molar-refractivity contribution >= 4 is 40.7 Å². The van der Waals surface area contributed by atoms with E-state index in [1.807, 2.05) is 12.1 Å². The van der Waals surface area contributed by atoms with Crippen molar-refractivity contribution in [1.29, 1.82) is 0 Å². The highest BCUT2D eigenvalue weighted by Crippen LogP contribution is 2.29. The largest absolute Gasteiger partial charge is 0.497 e. The van der Waals surface area contributed by atoms with E-state index in [0.29, 0.717) is 5.75 Å². The lowest BCUT2D eigenvalue weighted by molar-refractivity contribution is -0.136. The Hall–Kier alpha value is -2.24. The van der Waals surface area contributed by atoms with Gasteiger partial charge in [0.1, 0.15) is 5.75 Å². The highest BCUT2D eigenvalue weighted by molar-refractivity contribution is 6.44. The molecule has 24 heavy (non-hydrogen) atoms. The van der Waals surface area contributed by atoms with E-state index < -0.39 is 11.8 Å². The Kier molecular flexibility index (Phi) is 6.06. The number of nitrogens with one attached hydrogen (secondary N) is 2. The van der Waals surface area contributed by atoms with E-state index in [4.69, 9.17) is 27.9 Å². The van der Waals surface area contributed by atoms with E-state index in [-0.39, 0.29) is 21.8 Å². The Balaban J connectivity index is 2.01. The van der Waals surface area contributed by atoms with E-state index in [0.717, 1.165) is 5.56 Å². The molecule has 2 N–H and O–H groups in total. The predicted octanol–water partition coefficient (Wildman–Crippen LogP) is 3.82. The normalized spacial score (nSPS) is 11.5. The topological polar surface area (TPSA) is 67.4 Å². The Bertz CT molecular complexity index is 728. The fourth-order valence-corrected chi connectivity index (χ4v) is 2.52. The maximum absolute atomic E-state index is 12.0. The summed E-state index contributed by atoms with van der Waals surface area (Å²) in [7, 11) is 1.57. The lowest BCUT2D eigenvalue weighted by Crippen LogP contribution is -2.37. The van der Waals surface area contributed by atoms with E-state index >= 15 is 0 Å². The summed E-state index contributed by atoms with van der Waals surface area (Å²) in [5.41, 5.74) is 1.05. The molecular weight excluding hydrogens is 351 g/mol. The molecule has 0 aliphatic rings. The maximum atomic E-state index is 12.0. The van der Waals surface area contributed by atoms with Crippen LogP contribution in [-0.4, -0.2) is 18.9 Å². The second-order valence-electron chi connectivity index (χ2n) is 5.02. The summed E-state index contributed by atoms with van der Waals surface area (Å²) in [5.74, 6) is -0.914. The standard InChI is InChI=1S/C17H16Cl2N2O3/c1-10(11-6-8-12(24-2)9-7-11)20-16(22)17(23)21-15-13(18)4-3-5-14(15)19/h3-10H,1-2H3,(H,20,22)(H,21,23). The summed E-state index contributed by atoms with van der Waals surface area (Å²) in [5, 5.41) is 5.55. The summed E-state index contributed by atoms with van der Waals surface area (Å²) in [6.07, 6.45) is 0. The Morgan fingerprint density at radius 1 is 1.00 bits per heavy atom. The zero-order valence-corrected chi connectivity index (χ0v) is 14.6. The molecule has 126 valence electrons. The SMILES string of the molecule is COc1ccc(C(C)NC(=O)C(=O)Nc2c(Cl)cccc2Cl)cc1. The molecule has 2 amide bonds. The van der Waals surface area contributed by atoms with Crippen LogP contribution in [0.15, 0.2) is 42.5 Å². The van der Waals surface area contributed by atoms with Crippen molar-refractivity contribution < 1.29 is 14.3 Å². The third-order valence-electron chi connectivity index (χ3n) is 3.37. The molecule has 0 aliphatic carbocycles. The predicted molar refractivity (Wildman–Crippen MR) is 94.6 cm³/mol. The van der Waals surface area contributed by atoms with Gasteiger partial charge in [-0.3, -0.25) is 9.59 Å². The molecule has 0 bridgehead atoms.